The topological polar surface area (TPSA) is 66.5 Å². The molecule has 5 nitrogen and oxygen atoms in total. The minimum absolute atomic E-state index is 0.00153. The van der Waals surface area contributed by atoms with E-state index in [1.54, 1.807) is 11.9 Å². The van der Waals surface area contributed by atoms with Crippen molar-refractivity contribution in [2.75, 3.05) is 38.2 Å². The van der Waals surface area contributed by atoms with Gasteiger partial charge >= 0.3 is 0 Å². The van der Waals surface area contributed by atoms with Gasteiger partial charge in [0.15, 0.2) is 9.84 Å². The van der Waals surface area contributed by atoms with Gasteiger partial charge in [0.05, 0.1) is 17.4 Å². The zero-order valence-corrected chi connectivity index (χ0v) is 11.7. The third-order valence-electron chi connectivity index (χ3n) is 3.89. The van der Waals surface area contributed by atoms with E-state index in [9.17, 15) is 13.2 Å². The van der Waals surface area contributed by atoms with Crippen molar-refractivity contribution in [1.82, 2.24) is 10.2 Å². The maximum Gasteiger partial charge on any atom is 0.226 e. The van der Waals surface area contributed by atoms with Crippen LogP contribution in [0.15, 0.2) is 0 Å². The van der Waals surface area contributed by atoms with Crippen LogP contribution >= 0.6 is 0 Å². The number of nitrogens with zero attached hydrogens (tertiary/aromatic N) is 1. The first-order valence-electron chi connectivity index (χ1n) is 6.64. The molecule has 0 aliphatic carbocycles. The van der Waals surface area contributed by atoms with Gasteiger partial charge in [-0.25, -0.2) is 8.42 Å². The summed E-state index contributed by atoms with van der Waals surface area (Å²) >= 11 is 0. The normalized spacial score (nSPS) is 31.2. The standard InChI is InChI=1S/C12H22N2O3S/c1-14(8-10-3-2-5-13-7-10)12(15)11-4-6-18(16,17)9-11/h10-11,13H,2-9H2,1H3. The average Bonchev–Trinajstić information content (AvgIpc) is 2.70. The Morgan fingerprint density at radius 1 is 1.39 bits per heavy atom. The molecule has 0 saturated carbocycles. The number of nitrogens with one attached hydrogen (secondary N) is 1. The molecule has 2 saturated heterocycles. The van der Waals surface area contributed by atoms with Crippen LogP contribution in [0.3, 0.4) is 0 Å². The molecule has 0 aromatic heterocycles. The average molecular weight is 274 g/mol. The van der Waals surface area contributed by atoms with Crippen LogP contribution < -0.4 is 5.32 Å². The Labute approximate surface area is 109 Å². The lowest BCUT2D eigenvalue weighted by Gasteiger charge is -2.28. The van der Waals surface area contributed by atoms with E-state index in [4.69, 9.17) is 0 Å². The number of hydrogen-bond acceptors (Lipinski definition) is 4. The lowest BCUT2D eigenvalue weighted by Crippen LogP contribution is -2.41. The summed E-state index contributed by atoms with van der Waals surface area (Å²) in [5, 5.41) is 3.33. The van der Waals surface area contributed by atoms with Crippen molar-refractivity contribution in [3.8, 4) is 0 Å². The Bertz CT molecular complexity index is 402. The number of carbonyl (C=O) groups is 1. The van der Waals surface area contributed by atoms with E-state index in [0.29, 0.717) is 12.3 Å². The Balaban J connectivity index is 1.85. The molecular weight excluding hydrogens is 252 g/mol. The van der Waals surface area contributed by atoms with Gasteiger partial charge in [0.25, 0.3) is 0 Å². The molecule has 2 fully saturated rings. The Hall–Kier alpha value is -0.620. The molecule has 2 heterocycles. The van der Waals surface area contributed by atoms with Gasteiger partial charge in [-0.05, 0) is 38.3 Å². The first-order chi connectivity index (χ1) is 8.48. The molecule has 1 N–H and O–H groups in total. The van der Waals surface area contributed by atoms with Crippen LogP contribution in [0.5, 0.6) is 0 Å². The van der Waals surface area contributed by atoms with Crippen LogP contribution in [0, 0.1) is 11.8 Å². The van der Waals surface area contributed by atoms with Gasteiger partial charge in [-0.1, -0.05) is 0 Å². The molecule has 0 aromatic carbocycles. The maximum atomic E-state index is 12.1. The van der Waals surface area contributed by atoms with Crippen LogP contribution in [-0.2, 0) is 14.6 Å². The minimum atomic E-state index is -2.97. The molecule has 0 bridgehead atoms. The van der Waals surface area contributed by atoms with Crippen molar-refractivity contribution in [1.29, 1.82) is 0 Å². The second-order valence-corrected chi connectivity index (χ2v) is 7.76. The van der Waals surface area contributed by atoms with Crippen molar-refractivity contribution in [3.05, 3.63) is 0 Å². The van der Waals surface area contributed by atoms with E-state index >= 15 is 0 Å². The van der Waals surface area contributed by atoms with Crippen LogP contribution in [-0.4, -0.2) is 57.4 Å². The second-order valence-electron chi connectivity index (χ2n) is 5.53. The fourth-order valence-corrected chi connectivity index (χ4v) is 4.59. The Kier molecular flexibility index (Phi) is 4.27. The van der Waals surface area contributed by atoms with Gasteiger partial charge in [0.1, 0.15) is 0 Å². The van der Waals surface area contributed by atoms with E-state index in [-0.39, 0.29) is 23.3 Å². The van der Waals surface area contributed by atoms with Crippen LogP contribution in [0.4, 0.5) is 0 Å². The molecule has 18 heavy (non-hydrogen) atoms. The monoisotopic (exact) mass is 274 g/mol. The first kappa shape index (κ1) is 13.8. The number of amides is 1. The van der Waals surface area contributed by atoms with Crippen molar-refractivity contribution in [3.63, 3.8) is 0 Å². The Morgan fingerprint density at radius 3 is 2.72 bits per heavy atom. The summed E-state index contributed by atoms with van der Waals surface area (Å²) in [6.07, 6.45) is 2.80. The molecule has 0 radical (unpaired) electrons. The number of hydrogen-bond donors (Lipinski definition) is 1. The predicted molar refractivity (Wildman–Crippen MR) is 70.0 cm³/mol. The highest BCUT2D eigenvalue weighted by Crippen LogP contribution is 2.21. The molecule has 1 amide bonds. The van der Waals surface area contributed by atoms with E-state index < -0.39 is 9.84 Å². The second kappa shape index (κ2) is 5.57. The Morgan fingerprint density at radius 2 is 2.17 bits per heavy atom. The lowest BCUT2D eigenvalue weighted by molar-refractivity contribution is -0.134. The van der Waals surface area contributed by atoms with Crippen LogP contribution in [0.25, 0.3) is 0 Å². The molecule has 104 valence electrons. The van der Waals surface area contributed by atoms with Crippen molar-refractivity contribution >= 4 is 15.7 Å². The van der Waals surface area contributed by atoms with Crippen molar-refractivity contribution in [2.24, 2.45) is 11.8 Å². The SMILES string of the molecule is CN(CC1CCCNC1)C(=O)C1CCS(=O)(=O)C1. The summed E-state index contributed by atoms with van der Waals surface area (Å²) in [5.74, 6) is 0.408. The zero-order valence-electron chi connectivity index (χ0n) is 10.9. The molecule has 0 spiro atoms. The molecule has 2 unspecified atom stereocenters. The van der Waals surface area contributed by atoms with Gasteiger partial charge in [-0.2, -0.15) is 0 Å². The highest BCUT2D eigenvalue weighted by Gasteiger charge is 2.34. The quantitative estimate of drug-likeness (QED) is 0.779. The summed E-state index contributed by atoms with van der Waals surface area (Å²) in [5.41, 5.74) is 0. The minimum Gasteiger partial charge on any atom is -0.345 e. The van der Waals surface area contributed by atoms with Gasteiger partial charge in [0.2, 0.25) is 5.91 Å². The van der Waals surface area contributed by atoms with E-state index in [0.717, 1.165) is 32.5 Å². The number of carbonyl (C=O) groups excluding carboxylic acids is 1. The molecular formula is C12H22N2O3S. The number of rotatable bonds is 3. The van der Waals surface area contributed by atoms with Crippen LogP contribution in [0.2, 0.25) is 0 Å². The summed E-state index contributed by atoms with van der Waals surface area (Å²) in [4.78, 5) is 13.9. The predicted octanol–water partition coefficient (Wildman–Crippen LogP) is -0.121. The van der Waals surface area contributed by atoms with E-state index in [2.05, 4.69) is 5.32 Å². The summed E-state index contributed by atoms with van der Waals surface area (Å²) in [7, 11) is -1.17. The van der Waals surface area contributed by atoms with Crippen molar-refractivity contribution in [2.45, 2.75) is 19.3 Å². The molecule has 2 atom stereocenters. The fourth-order valence-electron chi connectivity index (χ4n) is 2.86. The van der Waals surface area contributed by atoms with E-state index in [1.807, 2.05) is 0 Å². The summed E-state index contributed by atoms with van der Waals surface area (Å²) < 4.78 is 22.8. The van der Waals surface area contributed by atoms with Gasteiger partial charge in [-0.15, -0.1) is 0 Å². The molecule has 2 aliphatic rings. The third-order valence-corrected chi connectivity index (χ3v) is 5.66. The highest BCUT2D eigenvalue weighted by molar-refractivity contribution is 7.91. The summed E-state index contributed by atoms with van der Waals surface area (Å²) in [6, 6.07) is 0. The van der Waals surface area contributed by atoms with Crippen molar-refractivity contribution < 1.29 is 13.2 Å². The molecule has 6 heteroatoms. The zero-order chi connectivity index (χ0) is 13.2. The van der Waals surface area contributed by atoms with Crippen LogP contribution in [0.1, 0.15) is 19.3 Å². The number of sulfone groups is 1. The molecule has 0 aromatic rings. The smallest absolute Gasteiger partial charge is 0.226 e. The number of piperidine rings is 1. The fraction of sp³-hybridized carbons (Fsp3) is 0.917. The summed E-state index contributed by atoms with van der Waals surface area (Å²) in [6.45, 7) is 2.76. The van der Waals surface area contributed by atoms with E-state index in [1.165, 1.54) is 0 Å². The highest BCUT2D eigenvalue weighted by atomic mass is 32.2. The molecule has 2 rings (SSSR count). The largest absolute Gasteiger partial charge is 0.345 e. The van der Waals surface area contributed by atoms with Gasteiger partial charge in [0, 0.05) is 13.6 Å². The van der Waals surface area contributed by atoms with Gasteiger partial charge < -0.3 is 10.2 Å². The maximum absolute atomic E-state index is 12.1. The van der Waals surface area contributed by atoms with Gasteiger partial charge in [-0.3, -0.25) is 4.79 Å². The molecule has 2 aliphatic heterocycles. The first-order valence-corrected chi connectivity index (χ1v) is 8.46. The third kappa shape index (κ3) is 3.45. The lowest BCUT2D eigenvalue weighted by atomic mass is 9.98.